The molecule has 0 aliphatic rings. The maximum Gasteiger partial charge on any atom is 0.181 e. The average Bonchev–Trinajstić information content (AvgIpc) is 2.32. The SMILES string of the molecule is C=C(C)Cn1nnc(C(C)=O)c1C. The number of carbonyl (C=O) groups excluding carboxylic acids is 1. The third-order valence-corrected chi connectivity index (χ3v) is 1.74. The minimum Gasteiger partial charge on any atom is -0.293 e. The molecule has 4 heteroatoms. The van der Waals surface area contributed by atoms with Crippen molar-refractivity contribution in [2.24, 2.45) is 0 Å². The van der Waals surface area contributed by atoms with Crippen LogP contribution in [0.25, 0.3) is 0 Å². The summed E-state index contributed by atoms with van der Waals surface area (Å²) in [4.78, 5) is 11.0. The Labute approximate surface area is 77.3 Å². The van der Waals surface area contributed by atoms with Crippen LogP contribution >= 0.6 is 0 Å². The van der Waals surface area contributed by atoms with Crippen LogP contribution in [-0.2, 0) is 6.54 Å². The van der Waals surface area contributed by atoms with Gasteiger partial charge in [-0.25, -0.2) is 4.68 Å². The molecule has 0 atom stereocenters. The number of nitrogens with zero attached hydrogens (tertiary/aromatic N) is 3. The second-order valence-corrected chi connectivity index (χ2v) is 3.19. The highest BCUT2D eigenvalue weighted by Gasteiger charge is 2.11. The predicted octanol–water partition coefficient (Wildman–Crippen LogP) is 1.37. The van der Waals surface area contributed by atoms with Gasteiger partial charge in [-0.1, -0.05) is 17.4 Å². The quantitative estimate of drug-likeness (QED) is 0.520. The molecule has 0 saturated heterocycles. The van der Waals surface area contributed by atoms with Gasteiger partial charge < -0.3 is 0 Å². The van der Waals surface area contributed by atoms with E-state index in [9.17, 15) is 4.79 Å². The normalized spacial score (nSPS) is 10.1. The van der Waals surface area contributed by atoms with Crippen LogP contribution in [0.5, 0.6) is 0 Å². The Morgan fingerprint density at radius 3 is 2.54 bits per heavy atom. The molecule has 1 rings (SSSR count). The number of hydrogen-bond acceptors (Lipinski definition) is 3. The molecule has 0 saturated carbocycles. The second-order valence-electron chi connectivity index (χ2n) is 3.19. The van der Waals surface area contributed by atoms with Gasteiger partial charge in [0.25, 0.3) is 0 Å². The van der Waals surface area contributed by atoms with E-state index < -0.39 is 0 Å². The van der Waals surface area contributed by atoms with E-state index in [1.807, 2.05) is 13.8 Å². The monoisotopic (exact) mass is 179 g/mol. The summed E-state index contributed by atoms with van der Waals surface area (Å²) >= 11 is 0. The van der Waals surface area contributed by atoms with E-state index in [2.05, 4.69) is 16.9 Å². The molecule has 70 valence electrons. The van der Waals surface area contributed by atoms with Crippen molar-refractivity contribution in [2.75, 3.05) is 0 Å². The van der Waals surface area contributed by atoms with Crippen LogP contribution < -0.4 is 0 Å². The molecule has 1 aromatic heterocycles. The summed E-state index contributed by atoms with van der Waals surface area (Å²) in [5.74, 6) is -0.0505. The summed E-state index contributed by atoms with van der Waals surface area (Å²) in [6.07, 6.45) is 0. The molecular formula is C9H13N3O. The third-order valence-electron chi connectivity index (χ3n) is 1.74. The molecule has 13 heavy (non-hydrogen) atoms. The molecule has 1 aromatic rings. The van der Waals surface area contributed by atoms with Crippen LogP contribution in [0, 0.1) is 6.92 Å². The number of rotatable bonds is 3. The van der Waals surface area contributed by atoms with Crippen molar-refractivity contribution in [1.29, 1.82) is 0 Å². The Hall–Kier alpha value is -1.45. The lowest BCUT2D eigenvalue weighted by Gasteiger charge is -2.01. The Bertz CT molecular complexity index is 352. The molecule has 0 fully saturated rings. The van der Waals surface area contributed by atoms with E-state index in [4.69, 9.17) is 0 Å². The molecule has 0 N–H and O–H groups in total. The molecule has 0 aliphatic carbocycles. The molecule has 4 nitrogen and oxygen atoms in total. The minimum absolute atomic E-state index is 0.0505. The molecule has 0 unspecified atom stereocenters. The number of Topliss-reactive ketones (excluding diaryl/α,β-unsaturated/α-hetero) is 1. The molecule has 0 amide bonds. The fraction of sp³-hybridized carbons (Fsp3) is 0.444. The zero-order chi connectivity index (χ0) is 10.0. The summed E-state index contributed by atoms with van der Waals surface area (Å²) < 4.78 is 1.68. The van der Waals surface area contributed by atoms with Crippen molar-refractivity contribution in [2.45, 2.75) is 27.3 Å². The fourth-order valence-corrected chi connectivity index (χ4v) is 1.09. The molecule has 0 spiro atoms. The van der Waals surface area contributed by atoms with E-state index in [1.54, 1.807) is 4.68 Å². The smallest absolute Gasteiger partial charge is 0.181 e. The van der Waals surface area contributed by atoms with Gasteiger partial charge in [0.05, 0.1) is 12.2 Å². The summed E-state index contributed by atoms with van der Waals surface area (Å²) in [6.45, 7) is 9.62. The largest absolute Gasteiger partial charge is 0.293 e. The van der Waals surface area contributed by atoms with Crippen LogP contribution in [0.15, 0.2) is 12.2 Å². The fourth-order valence-electron chi connectivity index (χ4n) is 1.09. The highest BCUT2D eigenvalue weighted by molar-refractivity contribution is 5.92. The molecular weight excluding hydrogens is 166 g/mol. The number of allylic oxidation sites excluding steroid dienone is 1. The molecule has 0 aliphatic heterocycles. The van der Waals surface area contributed by atoms with Crippen LogP contribution in [0.3, 0.4) is 0 Å². The van der Waals surface area contributed by atoms with Gasteiger partial charge in [-0.05, 0) is 13.8 Å². The van der Waals surface area contributed by atoms with Crippen molar-refractivity contribution in [1.82, 2.24) is 15.0 Å². The predicted molar refractivity (Wildman–Crippen MR) is 49.6 cm³/mol. The van der Waals surface area contributed by atoms with Gasteiger partial charge in [0, 0.05) is 6.92 Å². The van der Waals surface area contributed by atoms with Crippen molar-refractivity contribution in [3.8, 4) is 0 Å². The molecule has 1 heterocycles. The lowest BCUT2D eigenvalue weighted by Crippen LogP contribution is -2.04. The van der Waals surface area contributed by atoms with Crippen molar-refractivity contribution >= 4 is 5.78 Å². The first-order valence-electron chi connectivity index (χ1n) is 4.07. The number of hydrogen-bond donors (Lipinski definition) is 0. The van der Waals surface area contributed by atoms with Crippen LogP contribution in [0.4, 0.5) is 0 Å². The summed E-state index contributed by atoms with van der Waals surface area (Å²) in [5, 5.41) is 7.65. The van der Waals surface area contributed by atoms with Crippen LogP contribution in [-0.4, -0.2) is 20.8 Å². The Balaban J connectivity index is 2.99. The zero-order valence-corrected chi connectivity index (χ0v) is 8.16. The van der Waals surface area contributed by atoms with Gasteiger partial charge in [-0.15, -0.1) is 5.10 Å². The average molecular weight is 179 g/mol. The van der Waals surface area contributed by atoms with E-state index in [0.29, 0.717) is 12.2 Å². The van der Waals surface area contributed by atoms with Gasteiger partial charge in [0.2, 0.25) is 0 Å². The number of ketones is 1. The lowest BCUT2D eigenvalue weighted by molar-refractivity contribution is 0.101. The summed E-state index contributed by atoms with van der Waals surface area (Å²) in [7, 11) is 0. The summed E-state index contributed by atoms with van der Waals surface area (Å²) in [5.41, 5.74) is 2.24. The van der Waals surface area contributed by atoms with Crippen LogP contribution in [0.2, 0.25) is 0 Å². The standard InChI is InChI=1S/C9H13N3O/c1-6(2)5-12-7(3)9(8(4)13)10-11-12/h1,5H2,2-4H3. The van der Waals surface area contributed by atoms with Gasteiger partial charge in [-0.2, -0.15) is 0 Å². The topological polar surface area (TPSA) is 47.8 Å². The van der Waals surface area contributed by atoms with Gasteiger partial charge in [0.15, 0.2) is 11.5 Å². The number of aromatic nitrogens is 3. The van der Waals surface area contributed by atoms with Crippen molar-refractivity contribution in [3.05, 3.63) is 23.5 Å². The maximum atomic E-state index is 11.0. The van der Waals surface area contributed by atoms with E-state index >= 15 is 0 Å². The first-order chi connectivity index (χ1) is 6.02. The first-order valence-corrected chi connectivity index (χ1v) is 4.07. The van der Waals surface area contributed by atoms with Gasteiger partial charge in [0.1, 0.15) is 0 Å². The van der Waals surface area contributed by atoms with Gasteiger partial charge in [-0.3, -0.25) is 4.79 Å². The Morgan fingerprint density at radius 1 is 1.54 bits per heavy atom. The van der Waals surface area contributed by atoms with E-state index in [-0.39, 0.29) is 5.78 Å². The third kappa shape index (κ3) is 2.02. The Kier molecular flexibility index (Phi) is 2.60. The molecule has 0 aromatic carbocycles. The highest BCUT2D eigenvalue weighted by atomic mass is 16.1. The number of carbonyl (C=O) groups is 1. The van der Waals surface area contributed by atoms with Crippen LogP contribution in [0.1, 0.15) is 30.0 Å². The zero-order valence-electron chi connectivity index (χ0n) is 8.16. The minimum atomic E-state index is -0.0505. The van der Waals surface area contributed by atoms with E-state index in [1.165, 1.54) is 6.92 Å². The Morgan fingerprint density at radius 2 is 2.15 bits per heavy atom. The molecule has 0 radical (unpaired) electrons. The van der Waals surface area contributed by atoms with Gasteiger partial charge >= 0.3 is 0 Å². The maximum absolute atomic E-state index is 11.0. The van der Waals surface area contributed by atoms with Crippen molar-refractivity contribution < 1.29 is 4.79 Å². The highest BCUT2D eigenvalue weighted by Crippen LogP contribution is 2.05. The lowest BCUT2D eigenvalue weighted by atomic mass is 10.2. The first kappa shape index (κ1) is 9.64. The molecule has 0 bridgehead atoms. The van der Waals surface area contributed by atoms with Crippen molar-refractivity contribution in [3.63, 3.8) is 0 Å². The second kappa shape index (κ2) is 3.51. The van der Waals surface area contributed by atoms with E-state index in [0.717, 1.165) is 11.3 Å². The summed E-state index contributed by atoms with van der Waals surface area (Å²) in [6, 6.07) is 0.